The third-order valence-electron chi connectivity index (χ3n) is 3.16. The van der Waals surface area contributed by atoms with Gasteiger partial charge in [0, 0.05) is 17.8 Å². The summed E-state index contributed by atoms with van der Waals surface area (Å²) in [5, 5.41) is 0.302. The molecule has 0 saturated carbocycles. The maximum absolute atomic E-state index is 13.0. The van der Waals surface area contributed by atoms with Crippen molar-refractivity contribution in [2.45, 2.75) is 12.8 Å². The molecule has 0 amide bonds. The predicted octanol–water partition coefficient (Wildman–Crippen LogP) is 3.76. The third-order valence-corrected chi connectivity index (χ3v) is 3.43. The highest BCUT2D eigenvalue weighted by molar-refractivity contribution is 6.33. The minimum atomic E-state index is -2.50. The molecule has 0 bridgehead atoms. The van der Waals surface area contributed by atoms with E-state index in [1.807, 2.05) is 0 Å². The van der Waals surface area contributed by atoms with Crippen LogP contribution in [-0.2, 0) is 6.42 Å². The van der Waals surface area contributed by atoms with Gasteiger partial charge in [0.1, 0.15) is 12.7 Å². The summed E-state index contributed by atoms with van der Waals surface area (Å²) in [6, 6.07) is 4.79. The van der Waals surface area contributed by atoms with E-state index in [0.29, 0.717) is 35.1 Å². The zero-order valence-electron chi connectivity index (χ0n) is 10.8. The number of fused-ring (bicyclic) bond motifs is 1. The highest BCUT2D eigenvalue weighted by Gasteiger charge is 2.27. The first-order chi connectivity index (χ1) is 9.58. The van der Waals surface area contributed by atoms with Gasteiger partial charge in [-0.2, -0.15) is 0 Å². The lowest BCUT2D eigenvalue weighted by Crippen LogP contribution is -2.15. The van der Waals surface area contributed by atoms with E-state index in [9.17, 15) is 8.78 Å². The summed E-state index contributed by atoms with van der Waals surface area (Å²) < 4.78 is 33.5. The summed E-state index contributed by atoms with van der Waals surface area (Å²) in [7, 11) is 0. The van der Waals surface area contributed by atoms with Gasteiger partial charge in [-0.25, -0.2) is 18.7 Å². The maximum atomic E-state index is 13.0. The molecule has 2 heterocycles. The molecular formula is C13H10ClF2N3. The number of anilines is 2. The Labute approximate surface area is 115 Å². The topological polar surface area (TPSA) is 29.0 Å². The van der Waals surface area contributed by atoms with Crippen LogP contribution in [0.4, 0.5) is 20.3 Å². The van der Waals surface area contributed by atoms with Gasteiger partial charge in [0.15, 0.2) is 5.82 Å². The molecule has 1 aromatic carbocycles. The fourth-order valence-corrected chi connectivity index (χ4v) is 2.54. The van der Waals surface area contributed by atoms with Gasteiger partial charge in [-0.1, -0.05) is 23.7 Å². The second kappa shape index (κ2) is 4.74. The zero-order valence-corrected chi connectivity index (χ0v) is 10.5. The smallest absolute Gasteiger partial charge is 0.264 e. The van der Waals surface area contributed by atoms with Crippen LogP contribution in [0.15, 0.2) is 30.7 Å². The molecule has 19 heavy (non-hydrogen) atoms. The molecule has 0 atom stereocenters. The van der Waals surface area contributed by atoms with E-state index in [4.69, 9.17) is 13.0 Å². The molecular weight excluding hydrogens is 272 g/mol. The van der Waals surface area contributed by atoms with Crippen molar-refractivity contribution in [1.29, 1.82) is 0 Å². The molecule has 0 spiro atoms. The average Bonchev–Trinajstić information content (AvgIpc) is 2.85. The SMILES string of the molecule is [2H]c1ncc(Cl)c(N2CCc3c(C(F)F)cccc32)n1. The van der Waals surface area contributed by atoms with Gasteiger partial charge in [0.25, 0.3) is 6.43 Å². The number of nitrogens with zero attached hydrogens (tertiary/aromatic N) is 3. The fourth-order valence-electron chi connectivity index (χ4n) is 2.35. The normalized spacial score (nSPS) is 14.7. The average molecular weight is 283 g/mol. The molecule has 1 aliphatic rings. The Morgan fingerprint density at radius 2 is 2.26 bits per heavy atom. The molecule has 3 rings (SSSR count). The van der Waals surface area contributed by atoms with Gasteiger partial charge in [-0.3, -0.25) is 0 Å². The van der Waals surface area contributed by atoms with Gasteiger partial charge >= 0.3 is 0 Å². The fraction of sp³-hybridized carbons (Fsp3) is 0.231. The van der Waals surface area contributed by atoms with E-state index in [2.05, 4.69) is 9.97 Å². The second-order valence-electron chi connectivity index (χ2n) is 4.19. The lowest BCUT2D eigenvalue weighted by molar-refractivity contribution is 0.150. The Morgan fingerprint density at radius 1 is 1.42 bits per heavy atom. The summed E-state index contributed by atoms with van der Waals surface area (Å²) in [6.07, 6.45) is -0.801. The molecule has 98 valence electrons. The highest BCUT2D eigenvalue weighted by Crippen LogP contribution is 2.40. The van der Waals surface area contributed by atoms with E-state index in [1.54, 1.807) is 17.0 Å². The lowest BCUT2D eigenvalue weighted by Gasteiger charge is -2.19. The van der Waals surface area contributed by atoms with E-state index in [0.717, 1.165) is 0 Å². The number of halogens is 3. The van der Waals surface area contributed by atoms with E-state index < -0.39 is 6.43 Å². The summed E-state index contributed by atoms with van der Waals surface area (Å²) in [5.74, 6) is 0.386. The van der Waals surface area contributed by atoms with Crippen LogP contribution < -0.4 is 4.90 Å². The number of hydrogen-bond acceptors (Lipinski definition) is 3. The highest BCUT2D eigenvalue weighted by atomic mass is 35.5. The number of aromatic nitrogens is 2. The summed E-state index contributed by atoms with van der Waals surface area (Å²) in [6.45, 7) is 0.509. The molecule has 2 aromatic rings. The Balaban J connectivity index is 2.10. The Hall–Kier alpha value is -1.75. The van der Waals surface area contributed by atoms with Crippen LogP contribution in [0, 0.1) is 0 Å². The first kappa shape index (κ1) is 11.1. The van der Waals surface area contributed by atoms with Crippen LogP contribution in [0.1, 0.15) is 18.9 Å². The molecule has 0 saturated heterocycles. The van der Waals surface area contributed by atoms with Crippen LogP contribution >= 0.6 is 11.6 Å². The van der Waals surface area contributed by atoms with Gasteiger partial charge in [-0.15, -0.1) is 0 Å². The maximum Gasteiger partial charge on any atom is 0.264 e. The first-order valence-corrected chi connectivity index (χ1v) is 6.12. The molecule has 1 aromatic heterocycles. The van der Waals surface area contributed by atoms with Crippen LogP contribution in [0.25, 0.3) is 0 Å². The minimum absolute atomic E-state index is 0.0428. The largest absolute Gasteiger partial charge is 0.324 e. The Bertz CT molecular complexity index is 666. The van der Waals surface area contributed by atoms with Crippen molar-refractivity contribution in [3.8, 4) is 0 Å². The molecule has 0 radical (unpaired) electrons. The number of rotatable bonds is 2. The molecule has 0 N–H and O–H groups in total. The molecule has 0 aliphatic carbocycles. The van der Waals surface area contributed by atoms with Gasteiger partial charge in [0.2, 0.25) is 0 Å². The number of hydrogen-bond donors (Lipinski definition) is 0. The minimum Gasteiger partial charge on any atom is -0.324 e. The molecule has 3 nitrogen and oxygen atoms in total. The monoisotopic (exact) mass is 282 g/mol. The summed E-state index contributed by atoms with van der Waals surface area (Å²) >= 11 is 6.05. The van der Waals surface area contributed by atoms with Gasteiger partial charge in [-0.05, 0) is 18.1 Å². The van der Waals surface area contributed by atoms with Crippen LogP contribution in [-0.4, -0.2) is 16.5 Å². The van der Waals surface area contributed by atoms with Crippen LogP contribution in [0.5, 0.6) is 0 Å². The number of alkyl halides is 2. The zero-order chi connectivity index (χ0) is 14.3. The molecule has 1 aliphatic heterocycles. The Morgan fingerprint density at radius 3 is 3.05 bits per heavy atom. The van der Waals surface area contributed by atoms with Crippen molar-refractivity contribution in [3.63, 3.8) is 0 Å². The second-order valence-corrected chi connectivity index (χ2v) is 4.60. The molecule has 0 unspecified atom stereocenters. The van der Waals surface area contributed by atoms with Crippen LogP contribution in [0.2, 0.25) is 5.02 Å². The standard InChI is InChI=1S/C13H10ClF2N3/c14-10-6-17-7-18-13(10)19-5-4-8-9(12(15)16)2-1-3-11(8)19/h1-3,6-7,12H,4-5H2/i7D. The first-order valence-electron chi connectivity index (χ1n) is 6.24. The quantitative estimate of drug-likeness (QED) is 0.840. The summed E-state index contributed by atoms with van der Waals surface area (Å²) in [5.41, 5.74) is 1.33. The number of benzene rings is 1. The third kappa shape index (κ3) is 2.04. The van der Waals surface area contributed by atoms with Crippen molar-refractivity contribution in [2.75, 3.05) is 11.4 Å². The summed E-state index contributed by atoms with van der Waals surface area (Å²) in [4.78, 5) is 9.43. The van der Waals surface area contributed by atoms with E-state index in [1.165, 1.54) is 12.3 Å². The molecule has 0 fully saturated rings. The molecule has 6 heteroatoms. The van der Waals surface area contributed by atoms with Gasteiger partial charge < -0.3 is 4.90 Å². The van der Waals surface area contributed by atoms with Crippen molar-refractivity contribution in [1.82, 2.24) is 9.97 Å². The van der Waals surface area contributed by atoms with Gasteiger partial charge in [0.05, 0.1) is 6.20 Å². The Kier molecular flexibility index (Phi) is 2.77. The van der Waals surface area contributed by atoms with Crippen molar-refractivity contribution in [3.05, 3.63) is 46.8 Å². The van der Waals surface area contributed by atoms with Crippen molar-refractivity contribution < 1.29 is 10.2 Å². The van der Waals surface area contributed by atoms with E-state index >= 15 is 0 Å². The van der Waals surface area contributed by atoms with Crippen LogP contribution in [0.3, 0.4) is 0 Å². The van der Waals surface area contributed by atoms with E-state index in [-0.39, 0.29) is 11.9 Å². The van der Waals surface area contributed by atoms with Crippen molar-refractivity contribution in [2.24, 2.45) is 0 Å². The predicted molar refractivity (Wildman–Crippen MR) is 69.2 cm³/mol. The van der Waals surface area contributed by atoms with Crippen molar-refractivity contribution >= 4 is 23.1 Å². The lowest BCUT2D eigenvalue weighted by atomic mass is 10.1.